The number of sulfonamides is 1. The van der Waals surface area contributed by atoms with E-state index in [9.17, 15) is 45.1 Å². The van der Waals surface area contributed by atoms with Gasteiger partial charge in [0.05, 0.1) is 10.6 Å². The Morgan fingerprint density at radius 1 is 0.977 bits per heavy atom. The molecule has 4 aromatic rings. The summed E-state index contributed by atoms with van der Waals surface area (Å²) in [5, 5.41) is 21.0. The summed E-state index contributed by atoms with van der Waals surface area (Å²) in [6, 6.07) is 17.7. The van der Waals surface area contributed by atoms with E-state index in [-0.39, 0.29) is 23.5 Å². The Labute approximate surface area is 251 Å². The summed E-state index contributed by atoms with van der Waals surface area (Å²) in [4.78, 5) is 22.8. The highest BCUT2D eigenvalue weighted by molar-refractivity contribution is 7.92. The molecule has 0 radical (unpaired) electrons. The molecule has 4 aromatic carbocycles. The molecule has 1 aliphatic rings. The van der Waals surface area contributed by atoms with Crippen LogP contribution in [0.2, 0.25) is 0 Å². The van der Waals surface area contributed by atoms with Crippen molar-refractivity contribution in [2.75, 3.05) is 17.4 Å². The number of benzene rings is 4. The molecular weight excluding hydrogens is 639 g/mol. The van der Waals surface area contributed by atoms with Crippen molar-refractivity contribution in [3.63, 3.8) is 0 Å². The molecule has 0 saturated carbocycles. The molecule has 0 atom stereocenters. The van der Waals surface area contributed by atoms with Crippen molar-refractivity contribution in [2.24, 2.45) is 0 Å². The molecule has 1 aliphatic heterocycles. The first-order valence-corrected chi connectivity index (χ1v) is 17.0. The lowest BCUT2D eigenvalue weighted by atomic mass is 10.1. The number of fused-ring (bicyclic) bond motifs is 1. The van der Waals surface area contributed by atoms with E-state index in [2.05, 4.69) is 4.72 Å². The zero-order valence-electron chi connectivity index (χ0n) is 22.4. The number of hydrogen-bond donors (Lipinski definition) is 4. The second kappa shape index (κ2) is 11.4. The maximum atomic E-state index is 13.1. The van der Waals surface area contributed by atoms with E-state index < -0.39 is 70.7 Å². The van der Waals surface area contributed by atoms with Gasteiger partial charge >= 0.3 is 26.3 Å². The van der Waals surface area contributed by atoms with Gasteiger partial charge in [-0.25, -0.2) is 27.0 Å². The van der Waals surface area contributed by atoms with Crippen LogP contribution in [0, 0.1) is 0 Å². The van der Waals surface area contributed by atoms with Crippen LogP contribution in [-0.2, 0) is 41.6 Å². The number of carboxylic acids is 1. The Morgan fingerprint density at radius 2 is 1.70 bits per heavy atom. The number of carbonyl (C=O) groups excluding carboxylic acids is 1. The number of carboxylic acid groups (broad SMARTS) is 1. The van der Waals surface area contributed by atoms with Crippen LogP contribution in [-0.4, -0.2) is 60.4 Å². The van der Waals surface area contributed by atoms with E-state index in [1.54, 1.807) is 35.1 Å². The minimum absolute atomic E-state index is 0.0350. The van der Waals surface area contributed by atoms with Crippen molar-refractivity contribution in [3.8, 4) is 11.5 Å². The Morgan fingerprint density at radius 3 is 2.39 bits per heavy atom. The Bertz CT molecular complexity index is 2140. The van der Waals surface area contributed by atoms with Crippen LogP contribution in [0.5, 0.6) is 11.5 Å². The Balaban J connectivity index is 1.31. The third kappa shape index (κ3) is 6.16. The molecule has 0 bridgehead atoms. The molecule has 0 unspecified atom stereocenters. The lowest BCUT2D eigenvalue weighted by Crippen LogP contribution is -2.29. The highest BCUT2D eigenvalue weighted by Gasteiger charge is 2.35. The number of anilines is 1. The summed E-state index contributed by atoms with van der Waals surface area (Å²) in [6.45, 7) is -0.717. The van der Waals surface area contributed by atoms with Gasteiger partial charge in [0.1, 0.15) is 22.8 Å². The largest absolute Gasteiger partial charge is 0.506 e. The number of rotatable bonds is 10. The van der Waals surface area contributed by atoms with Gasteiger partial charge in [0, 0.05) is 11.9 Å². The first-order valence-electron chi connectivity index (χ1n) is 12.6. The van der Waals surface area contributed by atoms with Gasteiger partial charge in [0.25, 0.3) is 5.91 Å². The lowest BCUT2D eigenvalue weighted by molar-refractivity contribution is -0.117. The molecule has 17 heteroatoms. The first-order chi connectivity index (χ1) is 20.7. The number of nitrogens with zero attached hydrogens (tertiary/aromatic N) is 1. The number of phenols is 1. The van der Waals surface area contributed by atoms with E-state index >= 15 is 0 Å². The van der Waals surface area contributed by atoms with Gasteiger partial charge in [-0.1, -0.05) is 42.5 Å². The molecule has 14 nitrogen and oxygen atoms in total. The smallest absolute Gasteiger partial charge is 0.339 e. The fourth-order valence-electron chi connectivity index (χ4n) is 4.50. The zero-order valence-corrected chi connectivity index (χ0v) is 24.8. The van der Waals surface area contributed by atoms with Gasteiger partial charge in [-0.05, 0) is 53.8 Å². The molecule has 0 aromatic heterocycles. The van der Waals surface area contributed by atoms with Crippen LogP contribution in [0.15, 0.2) is 88.7 Å². The van der Waals surface area contributed by atoms with Gasteiger partial charge in [-0.3, -0.25) is 4.79 Å². The van der Waals surface area contributed by atoms with Crippen molar-refractivity contribution >= 4 is 58.7 Å². The number of phenolic OH excluding ortho intramolecular Hbond substituents is 1. The maximum absolute atomic E-state index is 13.1. The van der Waals surface area contributed by atoms with E-state index in [1.807, 2.05) is 0 Å². The van der Waals surface area contributed by atoms with Crippen molar-refractivity contribution in [1.82, 2.24) is 9.44 Å². The second-order valence-corrected chi connectivity index (χ2v) is 14.4. The van der Waals surface area contributed by atoms with Crippen LogP contribution in [0.1, 0.15) is 15.9 Å². The van der Waals surface area contributed by atoms with Gasteiger partial charge in [0.2, 0.25) is 10.0 Å². The fourth-order valence-corrected chi connectivity index (χ4v) is 7.90. The van der Waals surface area contributed by atoms with Crippen LogP contribution in [0.3, 0.4) is 0 Å². The van der Waals surface area contributed by atoms with E-state index in [0.717, 1.165) is 18.2 Å². The fraction of sp³-hybridized carbons (Fsp3) is 0.111. The Kier molecular flexibility index (Phi) is 7.98. The zero-order chi connectivity index (χ0) is 31.9. The summed E-state index contributed by atoms with van der Waals surface area (Å²) >= 11 is 0. The number of carbonyl (C=O) groups is 2. The molecule has 44 heavy (non-hydrogen) atoms. The van der Waals surface area contributed by atoms with Gasteiger partial charge in [-0.15, -0.1) is 0 Å². The molecule has 0 aliphatic carbocycles. The standard InChI is InChI=1S/C27H23N3O11S3/c31-23-14-17(8-10-22(23)30-16-26(32)29-44(30,39)40)12-13-28-42(35,36)19-9-11-24(21(15-19)27(33)34)41-43(37,38)25-7-3-5-18-4-1-2-6-20(18)25/h1-11,14-15,28,31H,12-13,16H2,(H,29,32)(H,33,34). The van der Waals surface area contributed by atoms with Gasteiger partial charge in [-0.2, -0.15) is 16.8 Å². The minimum atomic E-state index is -4.52. The molecule has 1 saturated heterocycles. The number of aromatic carboxylic acids is 1. The molecular formula is C27H23N3O11S3. The lowest BCUT2D eigenvalue weighted by Gasteiger charge is -2.16. The first kappa shape index (κ1) is 30.7. The topological polar surface area (TPSA) is 214 Å². The monoisotopic (exact) mass is 661 g/mol. The van der Waals surface area contributed by atoms with Gasteiger partial charge < -0.3 is 14.4 Å². The normalized spacial score (nSPS) is 14.8. The SMILES string of the molecule is O=C1CN(c2ccc(CCNS(=O)(=O)c3ccc(OS(=O)(=O)c4cccc5ccccc45)c(C(=O)O)c3)cc2O)S(=O)(=O)N1. The highest BCUT2D eigenvalue weighted by atomic mass is 32.2. The highest BCUT2D eigenvalue weighted by Crippen LogP contribution is 2.32. The predicted molar refractivity (Wildman–Crippen MR) is 157 cm³/mol. The third-order valence-electron chi connectivity index (χ3n) is 6.54. The molecule has 1 amide bonds. The summed E-state index contributed by atoms with van der Waals surface area (Å²) in [6.07, 6.45) is 0.0350. The average molecular weight is 662 g/mol. The second-order valence-electron chi connectivity index (χ2n) is 9.49. The summed E-state index contributed by atoms with van der Waals surface area (Å²) in [5.41, 5.74) is -0.431. The number of amides is 1. The number of aromatic hydroxyl groups is 1. The van der Waals surface area contributed by atoms with Crippen molar-refractivity contribution in [2.45, 2.75) is 16.2 Å². The van der Waals surface area contributed by atoms with Crippen LogP contribution >= 0.6 is 0 Å². The molecule has 4 N–H and O–H groups in total. The predicted octanol–water partition coefficient (Wildman–Crippen LogP) is 1.71. The van der Waals surface area contributed by atoms with Crippen molar-refractivity contribution in [1.29, 1.82) is 0 Å². The summed E-state index contributed by atoms with van der Waals surface area (Å²) in [7, 11) is -13.0. The molecule has 230 valence electrons. The number of nitrogens with one attached hydrogen (secondary N) is 2. The number of hydrogen-bond acceptors (Lipinski definition) is 10. The van der Waals surface area contributed by atoms with Gasteiger partial charge in [0.15, 0.2) is 5.75 Å². The summed E-state index contributed by atoms with van der Waals surface area (Å²) in [5.74, 6) is -3.43. The Hall–Kier alpha value is -4.71. The van der Waals surface area contributed by atoms with E-state index in [1.165, 1.54) is 30.3 Å². The third-order valence-corrected chi connectivity index (χ3v) is 10.7. The van der Waals surface area contributed by atoms with E-state index in [0.29, 0.717) is 20.6 Å². The van der Waals surface area contributed by atoms with Crippen LogP contribution in [0.4, 0.5) is 5.69 Å². The minimum Gasteiger partial charge on any atom is -0.506 e. The van der Waals surface area contributed by atoms with E-state index in [4.69, 9.17) is 4.18 Å². The average Bonchev–Trinajstić information content (AvgIpc) is 3.23. The maximum Gasteiger partial charge on any atom is 0.339 e. The van der Waals surface area contributed by atoms with Crippen LogP contribution < -0.4 is 17.9 Å². The quantitative estimate of drug-likeness (QED) is 0.180. The molecule has 5 rings (SSSR count). The molecule has 1 fully saturated rings. The molecule has 0 spiro atoms. The van der Waals surface area contributed by atoms with Crippen molar-refractivity contribution in [3.05, 3.63) is 90.0 Å². The molecule has 1 heterocycles. The van der Waals surface area contributed by atoms with Crippen LogP contribution in [0.25, 0.3) is 10.8 Å². The summed E-state index contributed by atoms with van der Waals surface area (Å²) < 4.78 is 86.0. The van der Waals surface area contributed by atoms with Crippen molar-refractivity contribution < 1.29 is 49.2 Å².